The fourth-order valence-corrected chi connectivity index (χ4v) is 1.03. The quantitative estimate of drug-likeness (QED) is 0.422. The Hall–Kier alpha value is -1.70. The molecule has 0 fully saturated rings. The van der Waals surface area contributed by atoms with Crippen LogP contribution >= 0.6 is 0 Å². The van der Waals surface area contributed by atoms with Crippen LogP contribution in [0.25, 0.3) is 0 Å². The van der Waals surface area contributed by atoms with E-state index in [0.29, 0.717) is 5.82 Å². The van der Waals surface area contributed by atoms with Gasteiger partial charge in [-0.15, -0.1) is 0 Å². The van der Waals surface area contributed by atoms with E-state index in [1.807, 2.05) is 26.8 Å². The summed E-state index contributed by atoms with van der Waals surface area (Å²) in [7, 11) is 1.64. The molecule has 0 atom stereocenters. The van der Waals surface area contributed by atoms with Crippen LogP contribution in [-0.4, -0.2) is 25.2 Å². The molecule has 0 bridgehead atoms. The van der Waals surface area contributed by atoms with Crippen LogP contribution in [-0.2, 0) is 9.53 Å². The van der Waals surface area contributed by atoms with Gasteiger partial charge >= 0.3 is 5.97 Å². The normalized spacial score (nSPS) is 12.2. The maximum Gasteiger partial charge on any atom is 0.352 e. The molecule has 0 saturated heterocycles. The minimum Gasteiger partial charge on any atom is -0.462 e. The largest absolute Gasteiger partial charge is 0.462 e. The number of rotatable bonds is 4. The Kier molecular flexibility index (Phi) is 5.37. The molecule has 5 nitrogen and oxygen atoms in total. The van der Waals surface area contributed by atoms with E-state index in [4.69, 9.17) is 10.00 Å². The molecule has 0 heterocycles. The van der Waals surface area contributed by atoms with Gasteiger partial charge in [0.2, 0.25) is 0 Å². The smallest absolute Gasteiger partial charge is 0.352 e. The molecule has 0 aliphatic heterocycles. The predicted octanol–water partition coefficient (Wildman–Crippen LogP) is 0.892. The molecular formula is C11H19N3O2. The second-order valence-electron chi connectivity index (χ2n) is 4.21. The van der Waals surface area contributed by atoms with Gasteiger partial charge in [0.15, 0.2) is 5.57 Å². The topological polar surface area (TPSA) is 74.2 Å². The van der Waals surface area contributed by atoms with Gasteiger partial charge in [-0.25, -0.2) is 4.79 Å². The number of carbonyl (C=O) groups excluding carboxylic acids is 1. The zero-order chi connectivity index (χ0) is 12.8. The first-order valence-corrected chi connectivity index (χ1v) is 5.13. The van der Waals surface area contributed by atoms with E-state index in [2.05, 4.69) is 10.6 Å². The van der Waals surface area contributed by atoms with Crippen molar-refractivity contribution in [3.05, 3.63) is 11.4 Å². The van der Waals surface area contributed by atoms with Crippen molar-refractivity contribution >= 4 is 5.97 Å². The van der Waals surface area contributed by atoms with Gasteiger partial charge < -0.3 is 15.4 Å². The van der Waals surface area contributed by atoms with Gasteiger partial charge in [-0.05, 0) is 27.7 Å². The van der Waals surface area contributed by atoms with Crippen molar-refractivity contribution < 1.29 is 9.53 Å². The van der Waals surface area contributed by atoms with Gasteiger partial charge in [-0.3, -0.25) is 0 Å². The highest BCUT2D eigenvalue weighted by atomic mass is 16.5. The van der Waals surface area contributed by atoms with Crippen molar-refractivity contribution in [1.82, 2.24) is 10.6 Å². The summed E-state index contributed by atoms with van der Waals surface area (Å²) in [5.41, 5.74) is -0.285. The van der Waals surface area contributed by atoms with Crippen molar-refractivity contribution in [2.45, 2.75) is 33.2 Å². The number of hydrogen-bond donors (Lipinski definition) is 2. The van der Waals surface area contributed by atoms with Gasteiger partial charge in [0, 0.05) is 12.6 Å². The lowest BCUT2D eigenvalue weighted by molar-refractivity contribution is -0.138. The Morgan fingerprint density at radius 2 is 2.00 bits per heavy atom. The summed E-state index contributed by atoms with van der Waals surface area (Å²) in [5, 5.41) is 14.8. The van der Waals surface area contributed by atoms with E-state index in [0.717, 1.165) is 0 Å². The van der Waals surface area contributed by atoms with Crippen molar-refractivity contribution in [3.63, 3.8) is 0 Å². The van der Waals surface area contributed by atoms with Crippen LogP contribution in [0.15, 0.2) is 11.4 Å². The van der Waals surface area contributed by atoms with E-state index in [9.17, 15) is 4.79 Å². The van der Waals surface area contributed by atoms with Gasteiger partial charge in [-0.1, -0.05) is 0 Å². The first-order valence-electron chi connectivity index (χ1n) is 5.13. The number of nitrogens with zero attached hydrogens (tertiary/aromatic N) is 1. The lowest BCUT2D eigenvalue weighted by Crippen LogP contribution is -2.40. The van der Waals surface area contributed by atoms with Crippen LogP contribution < -0.4 is 10.6 Å². The molecule has 0 unspecified atom stereocenters. The van der Waals surface area contributed by atoms with Crippen LogP contribution in [0.4, 0.5) is 0 Å². The minimum atomic E-state index is -0.619. The maximum absolute atomic E-state index is 11.5. The third-order valence-corrected chi connectivity index (χ3v) is 1.59. The summed E-state index contributed by atoms with van der Waals surface area (Å²) in [6, 6.07) is 1.84. The molecular weight excluding hydrogens is 206 g/mol. The fourth-order valence-electron chi connectivity index (χ4n) is 1.03. The second-order valence-corrected chi connectivity index (χ2v) is 4.21. The fraction of sp³-hybridized carbons (Fsp3) is 0.636. The SMILES string of the molecule is CCOC(=O)C(C#N)=C(NC)NC(C)(C)C. The molecule has 0 aromatic carbocycles. The molecule has 0 amide bonds. The third-order valence-electron chi connectivity index (χ3n) is 1.59. The molecule has 0 aliphatic rings. The zero-order valence-electron chi connectivity index (χ0n) is 10.5. The number of esters is 1. The van der Waals surface area contributed by atoms with Gasteiger partial charge in [-0.2, -0.15) is 5.26 Å². The van der Waals surface area contributed by atoms with Crippen LogP contribution in [0.3, 0.4) is 0 Å². The summed E-state index contributed by atoms with van der Waals surface area (Å²) < 4.78 is 4.79. The summed E-state index contributed by atoms with van der Waals surface area (Å²) in [6.07, 6.45) is 0. The van der Waals surface area contributed by atoms with E-state index in [-0.39, 0.29) is 17.7 Å². The molecule has 0 saturated carbocycles. The molecule has 2 N–H and O–H groups in total. The van der Waals surface area contributed by atoms with Gasteiger partial charge in [0.1, 0.15) is 11.9 Å². The van der Waals surface area contributed by atoms with Crippen LogP contribution in [0.2, 0.25) is 0 Å². The van der Waals surface area contributed by atoms with E-state index in [1.54, 1.807) is 14.0 Å². The zero-order valence-corrected chi connectivity index (χ0v) is 10.5. The summed E-state index contributed by atoms with van der Waals surface area (Å²) >= 11 is 0. The predicted molar refractivity (Wildman–Crippen MR) is 61.2 cm³/mol. The maximum atomic E-state index is 11.5. The summed E-state index contributed by atoms with van der Waals surface area (Å²) in [4.78, 5) is 11.5. The number of hydrogen-bond acceptors (Lipinski definition) is 5. The van der Waals surface area contributed by atoms with Crippen molar-refractivity contribution in [1.29, 1.82) is 5.26 Å². The Morgan fingerprint density at radius 3 is 2.31 bits per heavy atom. The Labute approximate surface area is 96.5 Å². The van der Waals surface area contributed by atoms with E-state index < -0.39 is 5.97 Å². The third kappa shape index (κ3) is 4.69. The number of ether oxygens (including phenoxy) is 1. The highest BCUT2D eigenvalue weighted by molar-refractivity contribution is 5.93. The van der Waals surface area contributed by atoms with Crippen LogP contribution in [0.1, 0.15) is 27.7 Å². The number of nitrogens with one attached hydrogen (secondary N) is 2. The number of carbonyl (C=O) groups is 1. The molecule has 0 aromatic heterocycles. The molecule has 0 radical (unpaired) electrons. The molecule has 0 rings (SSSR count). The Bertz CT molecular complexity index is 321. The lowest BCUT2D eigenvalue weighted by atomic mass is 10.1. The first kappa shape index (κ1) is 14.3. The molecule has 90 valence electrons. The van der Waals surface area contributed by atoms with E-state index in [1.165, 1.54) is 0 Å². The van der Waals surface area contributed by atoms with Crippen molar-refractivity contribution in [2.75, 3.05) is 13.7 Å². The molecule has 5 heteroatoms. The van der Waals surface area contributed by atoms with Crippen molar-refractivity contribution in [3.8, 4) is 6.07 Å². The highest BCUT2D eigenvalue weighted by Crippen LogP contribution is 2.07. The average molecular weight is 225 g/mol. The minimum absolute atomic E-state index is 0.0423. The lowest BCUT2D eigenvalue weighted by Gasteiger charge is -2.24. The second kappa shape index (κ2) is 6.01. The summed E-state index contributed by atoms with van der Waals surface area (Å²) in [6.45, 7) is 7.75. The van der Waals surface area contributed by atoms with Gasteiger partial charge in [0.05, 0.1) is 6.61 Å². The van der Waals surface area contributed by atoms with Crippen LogP contribution in [0, 0.1) is 11.3 Å². The average Bonchev–Trinajstić information content (AvgIpc) is 2.16. The number of nitriles is 1. The first-order chi connectivity index (χ1) is 7.35. The van der Waals surface area contributed by atoms with E-state index >= 15 is 0 Å². The molecule has 16 heavy (non-hydrogen) atoms. The Morgan fingerprint density at radius 1 is 1.44 bits per heavy atom. The molecule has 0 aliphatic carbocycles. The highest BCUT2D eigenvalue weighted by Gasteiger charge is 2.19. The Balaban J connectivity index is 5.08. The molecule has 0 aromatic rings. The monoisotopic (exact) mass is 225 g/mol. The standard InChI is InChI=1S/C11H19N3O2/c1-6-16-10(15)8(7-12)9(13-5)14-11(2,3)4/h13-14H,6H2,1-5H3. The van der Waals surface area contributed by atoms with Crippen molar-refractivity contribution in [2.24, 2.45) is 0 Å². The summed E-state index contributed by atoms with van der Waals surface area (Å²) in [5.74, 6) is -0.237. The van der Waals surface area contributed by atoms with Gasteiger partial charge in [0.25, 0.3) is 0 Å². The van der Waals surface area contributed by atoms with Crippen LogP contribution in [0.5, 0.6) is 0 Å². The molecule has 0 spiro atoms.